The predicted molar refractivity (Wildman–Crippen MR) is 136 cm³/mol. The molecule has 1 N–H and O–H groups in total. The lowest BCUT2D eigenvalue weighted by Gasteiger charge is -2.15. The molecule has 0 aliphatic carbocycles. The van der Waals surface area contributed by atoms with Crippen molar-refractivity contribution in [2.75, 3.05) is 13.2 Å². The summed E-state index contributed by atoms with van der Waals surface area (Å²) in [5.74, 6) is 1.08. The minimum absolute atomic E-state index is 0.269. The molecule has 0 bridgehead atoms. The topological polar surface area (TPSA) is 67.9 Å². The summed E-state index contributed by atoms with van der Waals surface area (Å²) in [6.07, 6.45) is 2.68. The number of thioether (sulfide) groups is 1. The first-order valence-corrected chi connectivity index (χ1v) is 12.1. The molecule has 8 heteroatoms. The highest BCUT2D eigenvalue weighted by atomic mass is 32.2. The molecular weight excluding hydrogens is 456 g/mol. The predicted octanol–water partition coefficient (Wildman–Crippen LogP) is 5.36. The molecule has 1 aliphatic heterocycles. The maximum absolute atomic E-state index is 12.9. The fourth-order valence-corrected chi connectivity index (χ4v) is 4.17. The minimum atomic E-state index is -0.394. The number of carbonyl (C=O) groups excluding carboxylic acids is 2. The molecule has 0 spiro atoms. The molecular formula is C25H28N2O4S2. The van der Waals surface area contributed by atoms with Gasteiger partial charge in [-0.15, -0.1) is 0 Å². The average molecular weight is 485 g/mol. The van der Waals surface area contributed by atoms with Crippen molar-refractivity contribution in [3.8, 4) is 11.5 Å². The Morgan fingerprint density at radius 2 is 1.88 bits per heavy atom. The molecule has 2 aromatic rings. The van der Waals surface area contributed by atoms with E-state index >= 15 is 0 Å². The van der Waals surface area contributed by atoms with Gasteiger partial charge in [-0.05, 0) is 74.3 Å². The van der Waals surface area contributed by atoms with E-state index in [9.17, 15) is 9.59 Å². The number of aryl methyl sites for hydroxylation is 1. The fourth-order valence-electron chi connectivity index (χ4n) is 2.99. The largest absolute Gasteiger partial charge is 0.490 e. The Hall–Kier alpha value is -2.84. The number of nitrogens with zero attached hydrogens (tertiary/aromatic N) is 1. The Morgan fingerprint density at radius 3 is 2.55 bits per heavy atom. The van der Waals surface area contributed by atoms with Gasteiger partial charge in [0, 0.05) is 5.56 Å². The van der Waals surface area contributed by atoms with Crippen LogP contribution in [0.4, 0.5) is 0 Å². The zero-order chi connectivity index (χ0) is 24.0. The summed E-state index contributed by atoms with van der Waals surface area (Å²) < 4.78 is 11.9. The Morgan fingerprint density at radius 1 is 1.15 bits per heavy atom. The van der Waals surface area contributed by atoms with Crippen molar-refractivity contribution in [2.24, 2.45) is 5.92 Å². The number of carbonyl (C=O) groups is 2. The van der Waals surface area contributed by atoms with Crippen LogP contribution >= 0.6 is 24.0 Å². The molecule has 3 rings (SSSR count). The Bertz CT molecular complexity index is 1060. The van der Waals surface area contributed by atoms with Gasteiger partial charge < -0.3 is 9.47 Å². The normalized spacial score (nSPS) is 14.8. The van der Waals surface area contributed by atoms with Crippen LogP contribution in [0.5, 0.6) is 11.5 Å². The molecule has 1 saturated heterocycles. The lowest BCUT2D eigenvalue weighted by atomic mass is 10.1. The molecule has 33 heavy (non-hydrogen) atoms. The summed E-state index contributed by atoms with van der Waals surface area (Å²) in [7, 11) is 0. The lowest BCUT2D eigenvalue weighted by Crippen LogP contribution is -2.44. The number of nitrogens with one attached hydrogen (secondary N) is 1. The molecule has 1 aliphatic rings. The van der Waals surface area contributed by atoms with E-state index < -0.39 is 5.91 Å². The van der Waals surface area contributed by atoms with Crippen molar-refractivity contribution in [1.29, 1.82) is 0 Å². The van der Waals surface area contributed by atoms with Crippen LogP contribution in [-0.2, 0) is 4.79 Å². The zero-order valence-electron chi connectivity index (χ0n) is 19.2. The number of ether oxygens (including phenoxy) is 2. The first-order valence-electron chi connectivity index (χ1n) is 10.8. The summed E-state index contributed by atoms with van der Waals surface area (Å²) in [4.78, 5) is 25.8. The van der Waals surface area contributed by atoms with Gasteiger partial charge in [0.15, 0.2) is 15.8 Å². The SMILES string of the molecule is CCOc1cc(/C=C2/SC(=S)N(NC(=O)c3ccc(C)cc3)C2=O)ccc1OCCC(C)C. The van der Waals surface area contributed by atoms with Gasteiger partial charge in [-0.25, -0.2) is 0 Å². The Balaban J connectivity index is 1.74. The van der Waals surface area contributed by atoms with Crippen LogP contribution in [0.25, 0.3) is 6.08 Å². The third-order valence-corrected chi connectivity index (χ3v) is 6.14. The highest BCUT2D eigenvalue weighted by molar-refractivity contribution is 8.26. The van der Waals surface area contributed by atoms with Crippen molar-refractivity contribution in [1.82, 2.24) is 10.4 Å². The van der Waals surface area contributed by atoms with Crippen molar-refractivity contribution in [2.45, 2.75) is 34.1 Å². The molecule has 2 amide bonds. The smallest absolute Gasteiger partial charge is 0.285 e. The second-order valence-electron chi connectivity index (χ2n) is 7.99. The third-order valence-electron chi connectivity index (χ3n) is 4.84. The summed E-state index contributed by atoms with van der Waals surface area (Å²) in [5.41, 5.74) is 4.87. The van der Waals surface area contributed by atoms with Gasteiger partial charge in [-0.3, -0.25) is 15.0 Å². The summed E-state index contributed by atoms with van der Waals surface area (Å²) in [6.45, 7) is 9.25. The summed E-state index contributed by atoms with van der Waals surface area (Å²) in [6, 6.07) is 12.6. The monoisotopic (exact) mass is 484 g/mol. The first-order chi connectivity index (χ1) is 15.8. The highest BCUT2D eigenvalue weighted by Gasteiger charge is 2.33. The van der Waals surface area contributed by atoms with E-state index in [-0.39, 0.29) is 10.2 Å². The van der Waals surface area contributed by atoms with E-state index in [4.69, 9.17) is 21.7 Å². The standard InChI is InChI=1S/C25H28N2O4S2/c1-5-30-21-14-18(8-11-20(21)31-13-12-16(2)3)15-22-24(29)27(25(32)33-22)26-23(28)19-9-6-17(4)7-10-19/h6-11,14-16H,5,12-13H2,1-4H3,(H,26,28)/b22-15+. The number of amides is 2. The number of thiocarbonyl (C=S) groups is 1. The van der Waals surface area contributed by atoms with Gasteiger partial charge >= 0.3 is 0 Å². The summed E-state index contributed by atoms with van der Waals surface area (Å²) >= 11 is 6.46. The number of hydrogen-bond acceptors (Lipinski definition) is 6. The van der Waals surface area contributed by atoms with Gasteiger partial charge in [0.25, 0.3) is 11.8 Å². The van der Waals surface area contributed by atoms with Crippen molar-refractivity contribution >= 4 is 46.2 Å². The van der Waals surface area contributed by atoms with Gasteiger partial charge in [-0.1, -0.05) is 49.4 Å². The molecule has 0 aromatic heterocycles. The fraction of sp³-hybridized carbons (Fsp3) is 0.320. The number of hydrogen-bond donors (Lipinski definition) is 1. The van der Waals surface area contributed by atoms with E-state index in [1.807, 2.05) is 44.2 Å². The lowest BCUT2D eigenvalue weighted by molar-refractivity contribution is -0.123. The van der Waals surface area contributed by atoms with E-state index in [0.717, 1.165) is 34.3 Å². The third kappa shape index (κ3) is 6.58. The van der Waals surface area contributed by atoms with Crippen molar-refractivity contribution in [3.63, 3.8) is 0 Å². The van der Waals surface area contributed by atoms with Gasteiger partial charge in [0.05, 0.1) is 18.1 Å². The molecule has 0 radical (unpaired) electrons. The molecule has 0 atom stereocenters. The first kappa shape index (κ1) is 24.8. The van der Waals surface area contributed by atoms with Crippen LogP contribution in [0.2, 0.25) is 0 Å². The Labute approximate surface area is 204 Å². The van der Waals surface area contributed by atoms with E-state index in [1.165, 1.54) is 0 Å². The Kier molecular flexibility index (Phi) is 8.52. The molecule has 1 heterocycles. The number of hydrazine groups is 1. The van der Waals surface area contributed by atoms with E-state index in [2.05, 4.69) is 19.3 Å². The number of benzene rings is 2. The van der Waals surface area contributed by atoms with E-state index in [1.54, 1.807) is 18.2 Å². The van der Waals surface area contributed by atoms with Crippen LogP contribution in [0, 0.1) is 12.8 Å². The van der Waals surface area contributed by atoms with Gasteiger partial charge in [0.1, 0.15) is 0 Å². The maximum atomic E-state index is 12.9. The quantitative estimate of drug-likeness (QED) is 0.382. The molecule has 174 valence electrons. The van der Waals surface area contributed by atoms with E-state index in [0.29, 0.717) is 41.1 Å². The van der Waals surface area contributed by atoms with Crippen LogP contribution in [0.3, 0.4) is 0 Å². The average Bonchev–Trinajstić information content (AvgIpc) is 3.03. The van der Waals surface area contributed by atoms with Crippen LogP contribution in [0.15, 0.2) is 47.4 Å². The molecule has 0 unspecified atom stereocenters. The van der Waals surface area contributed by atoms with Gasteiger partial charge in [0.2, 0.25) is 0 Å². The van der Waals surface area contributed by atoms with Crippen LogP contribution in [0.1, 0.15) is 48.7 Å². The molecule has 2 aromatic carbocycles. The maximum Gasteiger partial charge on any atom is 0.285 e. The molecule has 0 saturated carbocycles. The van der Waals surface area contributed by atoms with Crippen LogP contribution < -0.4 is 14.9 Å². The highest BCUT2D eigenvalue weighted by Crippen LogP contribution is 2.34. The van der Waals surface area contributed by atoms with Crippen molar-refractivity contribution in [3.05, 3.63) is 64.1 Å². The van der Waals surface area contributed by atoms with Gasteiger partial charge in [-0.2, -0.15) is 5.01 Å². The summed E-state index contributed by atoms with van der Waals surface area (Å²) in [5, 5.41) is 1.11. The second-order valence-corrected chi connectivity index (χ2v) is 9.67. The minimum Gasteiger partial charge on any atom is -0.490 e. The number of rotatable bonds is 9. The molecule has 1 fully saturated rings. The van der Waals surface area contributed by atoms with Crippen molar-refractivity contribution < 1.29 is 19.1 Å². The zero-order valence-corrected chi connectivity index (χ0v) is 20.8. The molecule has 6 nitrogen and oxygen atoms in total. The van der Waals surface area contributed by atoms with Crippen LogP contribution in [-0.4, -0.2) is 34.4 Å². The second kappa shape index (κ2) is 11.3.